The van der Waals surface area contributed by atoms with E-state index in [0.717, 1.165) is 41.7 Å². The number of hydrogen-bond acceptors (Lipinski definition) is 3. The molecule has 3 nitrogen and oxygen atoms in total. The first-order valence-electron chi connectivity index (χ1n) is 11.5. The fourth-order valence-corrected chi connectivity index (χ4v) is 4.43. The van der Waals surface area contributed by atoms with E-state index in [0.29, 0.717) is 18.3 Å². The molecule has 3 rings (SSSR count). The minimum Gasteiger partial charge on any atom is -0.460 e. The van der Waals surface area contributed by atoms with Crippen molar-refractivity contribution >= 4 is 18.3 Å². The van der Waals surface area contributed by atoms with Crippen molar-refractivity contribution in [2.24, 2.45) is 5.92 Å². The molecule has 0 bridgehead atoms. The Morgan fingerprint density at radius 2 is 1.65 bits per heavy atom. The van der Waals surface area contributed by atoms with Crippen molar-refractivity contribution < 1.29 is 22.7 Å². The third-order valence-corrected chi connectivity index (χ3v) is 6.23. The summed E-state index contributed by atoms with van der Waals surface area (Å²) in [7, 11) is 0. The highest BCUT2D eigenvalue weighted by molar-refractivity contribution is 6.72. The first-order chi connectivity index (χ1) is 15.9. The molecule has 0 amide bonds. The molecule has 0 aromatic heterocycles. The van der Waals surface area contributed by atoms with Gasteiger partial charge in [0, 0.05) is 5.97 Å². The predicted octanol–water partition coefficient (Wildman–Crippen LogP) is 7.46. The summed E-state index contributed by atoms with van der Waals surface area (Å²) in [4.78, 5) is 12.5. The second-order valence-corrected chi connectivity index (χ2v) is 10.0. The van der Waals surface area contributed by atoms with Crippen LogP contribution in [-0.4, -0.2) is 18.3 Å². The SMILES string of the molecule is C=C(CCC1CB(C#N)C(C(=O)OC(C)(C)C)C1)c1ccc(-c2ccc(C(F)(F)F)cc2)cc1. The van der Waals surface area contributed by atoms with Gasteiger partial charge >= 0.3 is 12.1 Å². The Hall–Kier alpha value is -3.01. The molecular formula is C27H29BF3NO2. The van der Waals surface area contributed by atoms with Crippen LogP contribution in [0.15, 0.2) is 55.1 Å². The van der Waals surface area contributed by atoms with Crippen molar-refractivity contribution in [1.82, 2.24) is 0 Å². The summed E-state index contributed by atoms with van der Waals surface area (Å²) in [6.45, 7) is 9.34. The molecule has 2 atom stereocenters. The summed E-state index contributed by atoms with van der Waals surface area (Å²) in [5.41, 5.74) is 2.23. The van der Waals surface area contributed by atoms with Gasteiger partial charge in [-0.25, -0.2) is 5.26 Å². The Labute approximate surface area is 199 Å². The lowest BCUT2D eigenvalue weighted by molar-refractivity contribution is -0.154. The summed E-state index contributed by atoms with van der Waals surface area (Å²) in [5.74, 6) is 1.86. The van der Waals surface area contributed by atoms with E-state index in [1.165, 1.54) is 12.1 Å². The fourth-order valence-electron chi connectivity index (χ4n) is 4.43. The number of alkyl halides is 3. The highest BCUT2D eigenvalue weighted by Gasteiger charge is 2.43. The Kier molecular flexibility index (Phi) is 7.60. The molecule has 34 heavy (non-hydrogen) atoms. The molecule has 0 saturated carbocycles. The number of carbonyl (C=O) groups excluding carboxylic acids is 1. The van der Waals surface area contributed by atoms with Crippen LogP contribution >= 0.6 is 0 Å². The Morgan fingerprint density at radius 3 is 2.15 bits per heavy atom. The number of hydrogen-bond donors (Lipinski definition) is 0. The van der Waals surface area contributed by atoms with E-state index in [9.17, 15) is 23.2 Å². The number of carbonyl (C=O) groups is 1. The Balaban J connectivity index is 1.57. The zero-order valence-corrected chi connectivity index (χ0v) is 19.8. The van der Waals surface area contributed by atoms with Gasteiger partial charge in [0.15, 0.2) is 0 Å². The number of allylic oxidation sites excluding steroid dienone is 1. The number of esters is 1. The molecular weight excluding hydrogens is 438 g/mol. The van der Waals surface area contributed by atoms with Crippen molar-refractivity contribution in [1.29, 1.82) is 5.26 Å². The van der Waals surface area contributed by atoms with Gasteiger partial charge in [-0.1, -0.05) is 49.3 Å². The van der Waals surface area contributed by atoms with E-state index in [-0.39, 0.29) is 24.4 Å². The van der Waals surface area contributed by atoms with Crippen LogP contribution in [0.1, 0.15) is 51.2 Å². The third-order valence-electron chi connectivity index (χ3n) is 6.23. The van der Waals surface area contributed by atoms with Gasteiger partial charge in [-0.2, -0.15) is 13.2 Å². The quantitative estimate of drug-likeness (QED) is 0.327. The van der Waals surface area contributed by atoms with Crippen LogP contribution in [0.5, 0.6) is 0 Å². The van der Waals surface area contributed by atoms with Crippen molar-refractivity contribution in [2.45, 2.75) is 63.9 Å². The highest BCUT2D eigenvalue weighted by Crippen LogP contribution is 2.40. The fraction of sp³-hybridized carbons (Fsp3) is 0.407. The van der Waals surface area contributed by atoms with E-state index in [4.69, 9.17) is 4.74 Å². The maximum atomic E-state index is 12.8. The molecule has 7 heteroatoms. The molecule has 0 spiro atoms. The second-order valence-electron chi connectivity index (χ2n) is 10.0. The first-order valence-corrected chi connectivity index (χ1v) is 11.5. The van der Waals surface area contributed by atoms with Gasteiger partial charge in [0.2, 0.25) is 0 Å². The Bertz CT molecular complexity index is 1060. The number of halogens is 3. The topological polar surface area (TPSA) is 50.1 Å². The average Bonchev–Trinajstić information content (AvgIpc) is 3.19. The van der Waals surface area contributed by atoms with Gasteiger partial charge < -0.3 is 4.74 Å². The largest absolute Gasteiger partial charge is 0.460 e. The van der Waals surface area contributed by atoms with Gasteiger partial charge in [0.05, 0.1) is 11.4 Å². The molecule has 0 radical (unpaired) electrons. The zero-order chi connectivity index (χ0) is 25.1. The standard InChI is InChI=1S/C27H29BF3NO2/c1-18(5-6-19-15-24(28(16-19)17-32)25(33)34-26(2,3)4)20-7-9-21(10-8-20)22-11-13-23(14-12-22)27(29,30)31/h7-14,19,24H,1,5-6,15-16H2,2-4H3. The van der Waals surface area contributed by atoms with Crippen LogP contribution in [0, 0.1) is 17.1 Å². The summed E-state index contributed by atoms with van der Waals surface area (Å²) in [6, 6.07) is 12.7. The number of benzene rings is 2. The smallest absolute Gasteiger partial charge is 0.416 e. The van der Waals surface area contributed by atoms with Crippen molar-refractivity contribution in [2.75, 3.05) is 0 Å². The van der Waals surface area contributed by atoms with E-state index in [1.54, 1.807) is 0 Å². The summed E-state index contributed by atoms with van der Waals surface area (Å²) >= 11 is 0. The second kappa shape index (κ2) is 10.1. The maximum absolute atomic E-state index is 12.8. The van der Waals surface area contributed by atoms with E-state index >= 15 is 0 Å². The van der Waals surface area contributed by atoms with Crippen LogP contribution in [0.2, 0.25) is 12.1 Å². The van der Waals surface area contributed by atoms with E-state index in [2.05, 4.69) is 12.5 Å². The average molecular weight is 467 g/mol. The van der Waals surface area contributed by atoms with Crippen molar-refractivity contribution in [3.05, 3.63) is 66.2 Å². The highest BCUT2D eigenvalue weighted by atomic mass is 19.4. The molecule has 0 aliphatic carbocycles. The predicted molar refractivity (Wildman–Crippen MR) is 129 cm³/mol. The minimum atomic E-state index is -4.35. The lowest BCUT2D eigenvalue weighted by Gasteiger charge is -2.22. The van der Waals surface area contributed by atoms with Crippen LogP contribution in [0.4, 0.5) is 13.2 Å². The number of rotatable bonds is 6. The number of nitriles is 1. The maximum Gasteiger partial charge on any atom is 0.416 e. The molecule has 1 fully saturated rings. The van der Waals surface area contributed by atoms with Crippen molar-refractivity contribution in [3.63, 3.8) is 0 Å². The van der Waals surface area contributed by atoms with Crippen LogP contribution in [0.25, 0.3) is 16.7 Å². The molecule has 1 aliphatic heterocycles. The summed E-state index contributed by atoms with van der Waals surface area (Å²) in [5, 5.41) is 9.50. The number of nitrogens with zero attached hydrogens (tertiary/aromatic N) is 1. The molecule has 1 heterocycles. The molecule has 2 unspecified atom stereocenters. The summed E-state index contributed by atoms with van der Waals surface area (Å²) in [6.07, 6.45) is -1.45. The van der Waals surface area contributed by atoms with Crippen LogP contribution in [-0.2, 0) is 15.7 Å². The van der Waals surface area contributed by atoms with Gasteiger partial charge in [0.1, 0.15) is 5.60 Å². The van der Waals surface area contributed by atoms with Crippen LogP contribution in [0.3, 0.4) is 0 Å². The van der Waals surface area contributed by atoms with Gasteiger partial charge in [0.25, 0.3) is 6.71 Å². The molecule has 0 N–H and O–H groups in total. The molecule has 1 saturated heterocycles. The molecule has 178 valence electrons. The third kappa shape index (κ3) is 6.53. The number of ether oxygens (including phenoxy) is 1. The molecule has 2 aromatic rings. The minimum absolute atomic E-state index is 0.255. The van der Waals surface area contributed by atoms with E-state index in [1.807, 2.05) is 45.0 Å². The zero-order valence-electron chi connectivity index (χ0n) is 19.8. The molecule has 2 aromatic carbocycles. The molecule has 1 aliphatic rings. The Morgan fingerprint density at radius 1 is 1.09 bits per heavy atom. The van der Waals surface area contributed by atoms with Gasteiger partial charge in [-0.3, -0.25) is 4.79 Å². The van der Waals surface area contributed by atoms with Crippen LogP contribution < -0.4 is 0 Å². The lowest BCUT2D eigenvalue weighted by Crippen LogP contribution is -2.30. The summed E-state index contributed by atoms with van der Waals surface area (Å²) < 4.78 is 43.8. The van der Waals surface area contributed by atoms with Gasteiger partial charge in [-0.15, -0.1) is 0 Å². The van der Waals surface area contributed by atoms with Crippen molar-refractivity contribution in [3.8, 4) is 17.1 Å². The normalized spacial score (nSPS) is 18.4. The van der Waals surface area contributed by atoms with Gasteiger partial charge in [-0.05, 0) is 80.3 Å². The lowest BCUT2D eigenvalue weighted by atomic mass is 9.43. The monoisotopic (exact) mass is 467 g/mol. The first kappa shape index (κ1) is 25.6. The van der Waals surface area contributed by atoms with E-state index < -0.39 is 17.3 Å².